The van der Waals surface area contributed by atoms with E-state index in [4.69, 9.17) is 0 Å². The maximum Gasteiger partial charge on any atom is 0.326 e. The molecule has 0 radical (unpaired) electrons. The van der Waals surface area contributed by atoms with E-state index >= 15 is 0 Å². The van der Waals surface area contributed by atoms with Crippen LogP contribution in [0.3, 0.4) is 0 Å². The maximum atomic E-state index is 12.0. The highest BCUT2D eigenvalue weighted by Gasteiger charge is 2.26. The first-order valence-electron chi connectivity index (χ1n) is 6.57. The van der Waals surface area contributed by atoms with Crippen molar-refractivity contribution in [2.45, 2.75) is 19.4 Å². The second-order valence-corrected chi connectivity index (χ2v) is 7.56. The van der Waals surface area contributed by atoms with Crippen molar-refractivity contribution in [1.29, 1.82) is 0 Å². The van der Waals surface area contributed by atoms with Crippen molar-refractivity contribution in [2.75, 3.05) is 11.5 Å². The summed E-state index contributed by atoms with van der Waals surface area (Å²) in [4.78, 5) is 14.6. The number of phenols is 1. The van der Waals surface area contributed by atoms with E-state index < -0.39 is 9.84 Å². The van der Waals surface area contributed by atoms with Gasteiger partial charge in [-0.05, 0) is 30.9 Å². The number of aromatic amines is 1. The first kappa shape index (κ1) is 13.2. The third-order valence-electron chi connectivity index (χ3n) is 3.79. The van der Waals surface area contributed by atoms with Gasteiger partial charge in [-0.3, -0.25) is 4.57 Å². The number of fused-ring (bicyclic) bond motifs is 1. The van der Waals surface area contributed by atoms with Gasteiger partial charge in [0.15, 0.2) is 9.84 Å². The third kappa shape index (κ3) is 2.33. The van der Waals surface area contributed by atoms with Crippen molar-refractivity contribution in [2.24, 2.45) is 5.92 Å². The van der Waals surface area contributed by atoms with Crippen LogP contribution in [0.1, 0.15) is 12.8 Å². The molecule has 1 saturated heterocycles. The van der Waals surface area contributed by atoms with Crippen LogP contribution in [-0.4, -0.2) is 34.6 Å². The summed E-state index contributed by atoms with van der Waals surface area (Å²) in [6.07, 6.45) is 1.45. The molecule has 1 fully saturated rings. The Bertz CT molecular complexity index is 803. The number of rotatable bonds is 2. The SMILES string of the molecule is O=c1[nH]c2c(O)cccc2n1CC1CCCS(=O)(=O)C1. The summed E-state index contributed by atoms with van der Waals surface area (Å²) in [5.74, 6) is 0.347. The highest BCUT2D eigenvalue weighted by atomic mass is 32.2. The number of para-hydroxylation sites is 1. The summed E-state index contributed by atoms with van der Waals surface area (Å²) in [5.41, 5.74) is 0.693. The molecule has 0 bridgehead atoms. The normalized spacial score (nSPS) is 22.1. The zero-order chi connectivity index (χ0) is 14.3. The molecule has 1 aliphatic heterocycles. The van der Waals surface area contributed by atoms with E-state index in [9.17, 15) is 18.3 Å². The van der Waals surface area contributed by atoms with Gasteiger partial charge in [-0.25, -0.2) is 13.2 Å². The van der Waals surface area contributed by atoms with Crippen molar-refractivity contribution >= 4 is 20.9 Å². The monoisotopic (exact) mass is 296 g/mol. The molecule has 0 amide bonds. The first-order valence-corrected chi connectivity index (χ1v) is 8.39. The van der Waals surface area contributed by atoms with Crippen LogP contribution in [0.5, 0.6) is 5.75 Å². The predicted molar refractivity (Wildman–Crippen MR) is 75.6 cm³/mol. The summed E-state index contributed by atoms with van der Waals surface area (Å²) >= 11 is 0. The first-order chi connectivity index (χ1) is 9.46. The summed E-state index contributed by atoms with van der Waals surface area (Å²) in [5, 5.41) is 9.72. The Labute approximate surface area is 116 Å². The second kappa shape index (κ2) is 4.66. The largest absolute Gasteiger partial charge is 0.506 e. The second-order valence-electron chi connectivity index (χ2n) is 5.33. The van der Waals surface area contributed by atoms with E-state index in [1.807, 2.05) is 0 Å². The molecule has 0 aliphatic carbocycles. The molecule has 2 aromatic rings. The van der Waals surface area contributed by atoms with Gasteiger partial charge in [-0.15, -0.1) is 0 Å². The van der Waals surface area contributed by atoms with E-state index in [1.54, 1.807) is 12.1 Å². The van der Waals surface area contributed by atoms with E-state index in [2.05, 4.69) is 4.98 Å². The fourth-order valence-corrected chi connectivity index (χ4v) is 4.63. The molecule has 108 valence electrons. The van der Waals surface area contributed by atoms with Crippen LogP contribution in [0.4, 0.5) is 0 Å². The van der Waals surface area contributed by atoms with Crippen molar-refractivity contribution in [3.05, 3.63) is 28.7 Å². The zero-order valence-electron chi connectivity index (χ0n) is 10.9. The Morgan fingerprint density at radius 2 is 2.20 bits per heavy atom. The number of hydrogen-bond acceptors (Lipinski definition) is 4. The fraction of sp³-hybridized carbons (Fsp3) is 0.462. The Balaban J connectivity index is 1.97. The molecule has 2 N–H and O–H groups in total. The van der Waals surface area contributed by atoms with Crippen molar-refractivity contribution in [3.8, 4) is 5.75 Å². The van der Waals surface area contributed by atoms with Gasteiger partial charge in [0.1, 0.15) is 11.3 Å². The molecule has 6 nitrogen and oxygen atoms in total. The van der Waals surface area contributed by atoms with Crippen LogP contribution in [0, 0.1) is 5.92 Å². The predicted octanol–water partition coefficient (Wildman–Crippen LogP) is 0.860. The van der Waals surface area contributed by atoms with Gasteiger partial charge in [0.05, 0.1) is 17.0 Å². The Morgan fingerprint density at radius 1 is 1.40 bits per heavy atom. The number of aromatic hydroxyl groups is 1. The van der Waals surface area contributed by atoms with Crippen molar-refractivity contribution < 1.29 is 13.5 Å². The highest BCUT2D eigenvalue weighted by molar-refractivity contribution is 7.91. The lowest BCUT2D eigenvalue weighted by atomic mass is 10.1. The van der Waals surface area contributed by atoms with Gasteiger partial charge in [0.2, 0.25) is 0 Å². The summed E-state index contributed by atoms with van der Waals surface area (Å²) in [6.45, 7) is 0.363. The van der Waals surface area contributed by atoms with Crippen LogP contribution >= 0.6 is 0 Å². The van der Waals surface area contributed by atoms with Gasteiger partial charge in [0, 0.05) is 6.54 Å². The molecule has 1 aliphatic rings. The minimum atomic E-state index is -2.98. The average molecular weight is 296 g/mol. The number of hydrogen-bond donors (Lipinski definition) is 2. The molecule has 3 rings (SSSR count). The van der Waals surface area contributed by atoms with Gasteiger partial charge in [-0.1, -0.05) is 6.07 Å². The molecule has 1 aromatic heterocycles. The Kier molecular flexibility index (Phi) is 3.08. The van der Waals surface area contributed by atoms with Crippen LogP contribution in [0.2, 0.25) is 0 Å². The third-order valence-corrected chi connectivity index (χ3v) is 5.68. The number of phenolic OH excluding ortho intramolecular Hbond substituents is 1. The molecule has 2 heterocycles. The Hall–Kier alpha value is -1.76. The number of aromatic nitrogens is 2. The quantitative estimate of drug-likeness (QED) is 0.859. The molecule has 1 atom stereocenters. The molecule has 1 unspecified atom stereocenters. The van der Waals surface area contributed by atoms with Crippen LogP contribution in [0.15, 0.2) is 23.0 Å². The molecule has 1 aromatic carbocycles. The number of sulfone groups is 1. The minimum Gasteiger partial charge on any atom is -0.506 e. The van der Waals surface area contributed by atoms with E-state index in [0.717, 1.165) is 6.42 Å². The number of benzene rings is 1. The number of H-pyrrole nitrogens is 1. The van der Waals surface area contributed by atoms with Crippen LogP contribution in [0.25, 0.3) is 11.0 Å². The lowest BCUT2D eigenvalue weighted by Gasteiger charge is -2.22. The number of nitrogens with zero attached hydrogens (tertiary/aromatic N) is 1. The minimum absolute atomic E-state index is 0.0228. The average Bonchev–Trinajstić information content (AvgIpc) is 2.67. The van der Waals surface area contributed by atoms with Crippen LogP contribution in [-0.2, 0) is 16.4 Å². The molecule has 0 spiro atoms. The van der Waals surface area contributed by atoms with Crippen molar-refractivity contribution in [1.82, 2.24) is 9.55 Å². The lowest BCUT2D eigenvalue weighted by Crippen LogP contribution is -2.30. The van der Waals surface area contributed by atoms with Crippen molar-refractivity contribution in [3.63, 3.8) is 0 Å². The molecule has 0 saturated carbocycles. The lowest BCUT2D eigenvalue weighted by molar-refractivity contribution is 0.427. The van der Waals surface area contributed by atoms with Gasteiger partial charge < -0.3 is 10.1 Å². The van der Waals surface area contributed by atoms with E-state index in [0.29, 0.717) is 24.0 Å². The highest BCUT2D eigenvalue weighted by Crippen LogP contribution is 2.24. The summed E-state index contributed by atoms with van der Waals surface area (Å²) in [6, 6.07) is 4.91. The van der Waals surface area contributed by atoms with E-state index in [-0.39, 0.29) is 28.9 Å². The summed E-state index contributed by atoms with van der Waals surface area (Å²) < 4.78 is 24.8. The standard InChI is InChI=1S/C13H16N2O4S/c16-11-5-1-4-10-12(11)14-13(17)15(10)7-9-3-2-6-20(18,19)8-9/h1,4-5,9,16H,2-3,6-8H2,(H,14,17). The molecular weight excluding hydrogens is 280 g/mol. The van der Waals surface area contributed by atoms with Gasteiger partial charge >= 0.3 is 5.69 Å². The van der Waals surface area contributed by atoms with Gasteiger partial charge in [0.25, 0.3) is 0 Å². The maximum absolute atomic E-state index is 12.0. The molecule has 7 heteroatoms. The van der Waals surface area contributed by atoms with Gasteiger partial charge in [-0.2, -0.15) is 0 Å². The molecule has 20 heavy (non-hydrogen) atoms. The van der Waals surface area contributed by atoms with Crippen LogP contribution < -0.4 is 5.69 Å². The number of imidazole rings is 1. The summed E-state index contributed by atoms with van der Waals surface area (Å²) in [7, 11) is -2.98. The molecular formula is C13H16N2O4S. The smallest absolute Gasteiger partial charge is 0.326 e. The fourth-order valence-electron chi connectivity index (χ4n) is 2.87. The number of nitrogens with one attached hydrogen (secondary N) is 1. The Morgan fingerprint density at radius 3 is 2.95 bits per heavy atom. The van der Waals surface area contributed by atoms with E-state index in [1.165, 1.54) is 10.6 Å². The zero-order valence-corrected chi connectivity index (χ0v) is 11.7. The topological polar surface area (TPSA) is 92.2 Å².